The van der Waals surface area contributed by atoms with Crippen LogP contribution < -0.4 is 5.32 Å². The van der Waals surface area contributed by atoms with Crippen LogP contribution in [0.5, 0.6) is 0 Å². The average molecular weight is 564 g/mol. The number of benzene rings is 2. The fourth-order valence-electron chi connectivity index (χ4n) is 5.89. The van der Waals surface area contributed by atoms with Crippen molar-refractivity contribution in [2.75, 3.05) is 18.4 Å². The number of fused-ring (bicyclic) bond motifs is 2. The van der Waals surface area contributed by atoms with E-state index in [0.717, 1.165) is 35.2 Å². The van der Waals surface area contributed by atoms with Gasteiger partial charge in [-0.15, -0.1) is 0 Å². The zero-order chi connectivity index (χ0) is 27.3. The van der Waals surface area contributed by atoms with E-state index in [1.54, 1.807) is 32.5 Å². The minimum Gasteiger partial charge on any atom is -0.306 e. The molecule has 8 nitrogen and oxygen atoms in total. The molecule has 2 aliphatic rings. The van der Waals surface area contributed by atoms with Crippen molar-refractivity contribution < 1.29 is 13.2 Å². The molecule has 1 aliphatic heterocycles. The second kappa shape index (κ2) is 10.1. The third-order valence-corrected chi connectivity index (χ3v) is 10.5. The van der Waals surface area contributed by atoms with Crippen LogP contribution in [-0.2, 0) is 22.9 Å². The largest absolute Gasteiger partial charge is 0.306 e. The van der Waals surface area contributed by atoms with Crippen molar-refractivity contribution in [1.29, 1.82) is 0 Å². The summed E-state index contributed by atoms with van der Waals surface area (Å²) >= 11 is 1.56. The summed E-state index contributed by atoms with van der Waals surface area (Å²) in [5, 5.41) is 8.24. The van der Waals surface area contributed by atoms with Gasteiger partial charge in [0.25, 0.3) is 5.91 Å². The van der Waals surface area contributed by atoms with E-state index in [9.17, 15) is 13.2 Å². The van der Waals surface area contributed by atoms with Crippen LogP contribution in [0.4, 0.5) is 5.82 Å². The summed E-state index contributed by atoms with van der Waals surface area (Å²) in [7, 11) is -3.61. The van der Waals surface area contributed by atoms with E-state index in [2.05, 4.69) is 36.4 Å². The Labute approximate surface area is 233 Å². The number of anilines is 1. The number of thiazole rings is 1. The van der Waals surface area contributed by atoms with Gasteiger partial charge in [0, 0.05) is 24.7 Å². The lowest BCUT2D eigenvalue weighted by Crippen LogP contribution is -2.42. The van der Waals surface area contributed by atoms with Crippen LogP contribution in [0.15, 0.2) is 47.4 Å². The monoisotopic (exact) mass is 563 g/mol. The van der Waals surface area contributed by atoms with Crippen molar-refractivity contribution in [2.45, 2.75) is 57.8 Å². The van der Waals surface area contributed by atoms with Crippen LogP contribution >= 0.6 is 11.3 Å². The molecule has 0 saturated carbocycles. The smallest absolute Gasteiger partial charge is 0.256 e. The molecular weight excluding hydrogens is 530 g/mol. The van der Waals surface area contributed by atoms with Gasteiger partial charge in [0.1, 0.15) is 5.82 Å². The number of amides is 1. The molecular formula is C29H33N5O3S2. The fourth-order valence-corrected chi connectivity index (χ4v) is 8.54. The predicted molar refractivity (Wildman–Crippen MR) is 154 cm³/mol. The number of aryl methyl sites for hydroxylation is 3. The number of hydrogen-bond acceptors (Lipinski definition) is 6. The summed E-state index contributed by atoms with van der Waals surface area (Å²) in [6, 6.07) is 12.4. The van der Waals surface area contributed by atoms with E-state index in [1.165, 1.54) is 36.1 Å². The molecule has 39 heavy (non-hydrogen) atoms. The molecule has 2 unspecified atom stereocenters. The van der Waals surface area contributed by atoms with E-state index in [1.807, 2.05) is 13.0 Å². The molecule has 2 aromatic carbocycles. The number of aromatic nitrogens is 3. The van der Waals surface area contributed by atoms with Gasteiger partial charge in [-0.05, 0) is 98.4 Å². The highest BCUT2D eigenvalue weighted by molar-refractivity contribution is 7.89. The number of nitrogens with one attached hydrogen (secondary N) is 1. The van der Waals surface area contributed by atoms with E-state index in [0.29, 0.717) is 41.4 Å². The Hall–Kier alpha value is -3.08. The Morgan fingerprint density at radius 3 is 2.36 bits per heavy atom. The van der Waals surface area contributed by atoms with Crippen LogP contribution in [-0.4, -0.2) is 46.5 Å². The van der Waals surface area contributed by atoms with E-state index >= 15 is 0 Å². The van der Waals surface area contributed by atoms with E-state index in [-0.39, 0.29) is 10.8 Å². The third-order valence-electron chi connectivity index (χ3n) is 7.68. The van der Waals surface area contributed by atoms with Gasteiger partial charge in [0.05, 0.1) is 20.8 Å². The Morgan fingerprint density at radius 1 is 1.00 bits per heavy atom. The van der Waals surface area contributed by atoms with Crippen molar-refractivity contribution in [3.63, 3.8) is 0 Å². The van der Waals surface area contributed by atoms with Crippen LogP contribution in [0.25, 0.3) is 15.3 Å². The first-order valence-electron chi connectivity index (χ1n) is 13.6. The minimum atomic E-state index is -3.61. The van der Waals surface area contributed by atoms with Gasteiger partial charge in [0.15, 0.2) is 0 Å². The number of carbonyl (C=O) groups is 1. The van der Waals surface area contributed by atoms with Gasteiger partial charge in [-0.2, -0.15) is 14.1 Å². The van der Waals surface area contributed by atoms with Crippen LogP contribution in [0.2, 0.25) is 0 Å². The highest BCUT2D eigenvalue weighted by Crippen LogP contribution is 2.33. The van der Waals surface area contributed by atoms with Gasteiger partial charge in [0.2, 0.25) is 15.2 Å². The highest BCUT2D eigenvalue weighted by Gasteiger charge is 2.31. The summed E-state index contributed by atoms with van der Waals surface area (Å²) in [6.45, 7) is 7.08. The Balaban J connectivity index is 1.22. The number of hydrogen-bond donors (Lipinski definition) is 1. The molecule has 1 fully saturated rings. The fraction of sp³-hybridized carbons (Fsp3) is 0.414. The summed E-state index contributed by atoms with van der Waals surface area (Å²) in [5.41, 5.74) is 4.87. The molecule has 2 atom stereocenters. The quantitative estimate of drug-likeness (QED) is 0.342. The first-order valence-corrected chi connectivity index (χ1v) is 15.8. The molecule has 10 heteroatoms. The second-order valence-electron chi connectivity index (χ2n) is 11.1. The maximum absolute atomic E-state index is 13.2. The minimum absolute atomic E-state index is 0.207. The van der Waals surface area contributed by atoms with Gasteiger partial charge in [-0.25, -0.2) is 13.4 Å². The normalized spacial score (nSPS) is 20.2. The van der Waals surface area contributed by atoms with Crippen molar-refractivity contribution >= 4 is 43.3 Å². The van der Waals surface area contributed by atoms with Crippen molar-refractivity contribution in [1.82, 2.24) is 19.1 Å². The van der Waals surface area contributed by atoms with Crippen molar-refractivity contribution in [3.05, 3.63) is 64.8 Å². The molecule has 0 radical (unpaired) electrons. The second-order valence-corrected chi connectivity index (χ2v) is 14.1. The summed E-state index contributed by atoms with van der Waals surface area (Å²) in [6.07, 6.45) is 5.67. The number of sulfonamides is 1. The predicted octanol–water partition coefficient (Wildman–Crippen LogP) is 5.59. The van der Waals surface area contributed by atoms with Gasteiger partial charge >= 0.3 is 0 Å². The zero-order valence-electron chi connectivity index (χ0n) is 22.5. The van der Waals surface area contributed by atoms with Crippen LogP contribution in [0.1, 0.15) is 60.3 Å². The molecule has 204 valence electrons. The standard InChI is InChI=1S/C29H33N5O3S2/c1-18-12-19(2)17-33(16-18)39(36,37)24-10-8-21(9-11-24)28(35)31-27-13-20(3)32-34(27)29-30-25-14-22-6-4-5-7-23(22)15-26(25)38-29/h8-11,13-15,18-19H,4-7,12,16-17H2,1-3H3,(H,31,35). The van der Waals surface area contributed by atoms with Crippen molar-refractivity contribution in [3.8, 4) is 5.13 Å². The van der Waals surface area contributed by atoms with Crippen LogP contribution in [0, 0.1) is 18.8 Å². The number of piperidine rings is 1. The molecule has 6 rings (SSSR count). The summed E-state index contributed by atoms with van der Waals surface area (Å²) in [4.78, 5) is 18.2. The third kappa shape index (κ3) is 5.13. The molecule has 4 aromatic rings. The Bertz CT molecular complexity index is 1600. The maximum atomic E-state index is 13.2. The lowest BCUT2D eigenvalue weighted by molar-refractivity contribution is 0.102. The Kier molecular flexibility index (Phi) is 6.81. The van der Waals surface area contributed by atoms with Crippen molar-refractivity contribution in [2.24, 2.45) is 11.8 Å². The molecule has 3 heterocycles. The summed E-state index contributed by atoms with van der Waals surface area (Å²) < 4.78 is 30.8. The van der Waals surface area contributed by atoms with Gasteiger partial charge in [-0.1, -0.05) is 25.2 Å². The Morgan fingerprint density at radius 2 is 1.67 bits per heavy atom. The zero-order valence-corrected chi connectivity index (χ0v) is 24.1. The molecule has 1 saturated heterocycles. The number of nitrogens with zero attached hydrogens (tertiary/aromatic N) is 4. The first kappa shape index (κ1) is 26.2. The molecule has 1 amide bonds. The SMILES string of the molecule is Cc1cc(NC(=O)c2ccc(S(=O)(=O)N3CC(C)CC(C)C3)cc2)n(-c2nc3cc4c(cc3s2)CCCC4)n1. The topological polar surface area (TPSA) is 97.2 Å². The average Bonchev–Trinajstić information content (AvgIpc) is 3.48. The highest BCUT2D eigenvalue weighted by atomic mass is 32.2. The lowest BCUT2D eigenvalue weighted by atomic mass is 9.92. The van der Waals surface area contributed by atoms with Gasteiger partial charge in [-0.3, -0.25) is 4.79 Å². The molecule has 0 bridgehead atoms. The molecule has 0 spiro atoms. The molecule has 1 aliphatic carbocycles. The number of carbonyl (C=O) groups excluding carboxylic acids is 1. The molecule has 1 N–H and O–H groups in total. The van der Waals surface area contributed by atoms with E-state index in [4.69, 9.17) is 4.98 Å². The van der Waals surface area contributed by atoms with E-state index < -0.39 is 10.0 Å². The maximum Gasteiger partial charge on any atom is 0.256 e. The van der Waals surface area contributed by atoms with Crippen LogP contribution in [0.3, 0.4) is 0 Å². The summed E-state index contributed by atoms with van der Waals surface area (Å²) in [5.74, 6) is 0.830. The number of rotatable bonds is 5. The first-order chi connectivity index (χ1) is 18.7. The van der Waals surface area contributed by atoms with Gasteiger partial charge < -0.3 is 5.32 Å². The lowest BCUT2D eigenvalue weighted by Gasteiger charge is -2.34. The molecule has 2 aromatic heterocycles.